The fourth-order valence-electron chi connectivity index (χ4n) is 2.16. The molecule has 17 heavy (non-hydrogen) atoms. The molecule has 1 atom stereocenters. The van der Waals surface area contributed by atoms with Crippen LogP contribution < -0.4 is 5.32 Å². The van der Waals surface area contributed by atoms with Crippen molar-refractivity contribution < 1.29 is 4.79 Å². The number of carbonyl (C=O) groups excluding carboxylic acids is 1. The van der Waals surface area contributed by atoms with Crippen molar-refractivity contribution in [3.05, 3.63) is 22.4 Å². The topological polar surface area (TPSA) is 32.3 Å². The Balaban J connectivity index is 1.67. The summed E-state index contributed by atoms with van der Waals surface area (Å²) in [6, 6.07) is 2.47. The lowest BCUT2D eigenvalue weighted by Crippen LogP contribution is -2.31. The van der Waals surface area contributed by atoms with Crippen LogP contribution in [0.3, 0.4) is 0 Å². The van der Waals surface area contributed by atoms with Gasteiger partial charge in [-0.05, 0) is 42.2 Å². The van der Waals surface area contributed by atoms with Gasteiger partial charge < -0.3 is 10.2 Å². The molecule has 2 rings (SSSR count). The van der Waals surface area contributed by atoms with Crippen LogP contribution in [0, 0.1) is 0 Å². The zero-order valence-electron chi connectivity index (χ0n) is 10.3. The number of rotatable bonds is 5. The van der Waals surface area contributed by atoms with Crippen LogP contribution in [-0.2, 0) is 4.79 Å². The summed E-state index contributed by atoms with van der Waals surface area (Å²) in [7, 11) is 0. The third kappa shape index (κ3) is 3.54. The molecule has 0 saturated carbocycles. The molecule has 0 radical (unpaired) electrons. The van der Waals surface area contributed by atoms with Crippen LogP contribution in [0.2, 0.25) is 0 Å². The molecule has 1 N–H and O–H groups in total. The summed E-state index contributed by atoms with van der Waals surface area (Å²) < 4.78 is 0. The Kier molecular flexibility index (Phi) is 4.57. The maximum Gasteiger partial charge on any atom is 0.223 e. The Morgan fingerprint density at radius 1 is 1.53 bits per heavy atom. The minimum atomic E-state index is 0.299. The summed E-state index contributed by atoms with van der Waals surface area (Å²) in [6.45, 7) is 4.83. The molecule has 0 aliphatic carbocycles. The molecule has 1 fully saturated rings. The van der Waals surface area contributed by atoms with Crippen molar-refractivity contribution in [1.29, 1.82) is 0 Å². The van der Waals surface area contributed by atoms with Gasteiger partial charge in [-0.25, -0.2) is 0 Å². The Morgan fingerprint density at radius 2 is 2.29 bits per heavy atom. The molecular formula is C13H20N2OS. The second-order valence-corrected chi connectivity index (χ2v) is 5.35. The highest BCUT2D eigenvalue weighted by Gasteiger charge is 2.17. The van der Waals surface area contributed by atoms with Crippen LogP contribution in [0.5, 0.6) is 0 Å². The highest BCUT2D eigenvalue weighted by atomic mass is 32.1. The van der Waals surface area contributed by atoms with E-state index in [4.69, 9.17) is 0 Å². The average molecular weight is 252 g/mol. The molecule has 94 valence electrons. The Morgan fingerprint density at radius 3 is 2.94 bits per heavy atom. The molecule has 1 amide bonds. The third-order valence-corrected chi connectivity index (χ3v) is 3.99. The van der Waals surface area contributed by atoms with Crippen LogP contribution >= 0.6 is 11.3 Å². The lowest BCUT2D eigenvalue weighted by atomic mass is 10.2. The summed E-state index contributed by atoms with van der Waals surface area (Å²) in [5.41, 5.74) is 1.31. The van der Waals surface area contributed by atoms with Crippen molar-refractivity contribution in [1.82, 2.24) is 10.2 Å². The first-order chi connectivity index (χ1) is 8.27. The van der Waals surface area contributed by atoms with Crippen molar-refractivity contribution in [2.75, 3.05) is 19.6 Å². The van der Waals surface area contributed by atoms with Crippen LogP contribution in [0.4, 0.5) is 0 Å². The summed E-state index contributed by atoms with van der Waals surface area (Å²) in [5, 5.41) is 7.64. The summed E-state index contributed by atoms with van der Waals surface area (Å²) in [6.07, 6.45) is 2.96. The maximum atomic E-state index is 11.8. The quantitative estimate of drug-likeness (QED) is 0.873. The lowest BCUT2D eigenvalue weighted by molar-refractivity contribution is -0.130. The molecule has 1 aromatic heterocycles. The van der Waals surface area contributed by atoms with E-state index in [0.29, 0.717) is 18.4 Å². The highest BCUT2D eigenvalue weighted by Crippen LogP contribution is 2.15. The van der Waals surface area contributed by atoms with E-state index in [-0.39, 0.29) is 0 Å². The summed E-state index contributed by atoms with van der Waals surface area (Å²) >= 11 is 1.71. The van der Waals surface area contributed by atoms with Crippen molar-refractivity contribution in [3.63, 3.8) is 0 Å². The van der Waals surface area contributed by atoms with Crippen molar-refractivity contribution in [2.45, 2.75) is 32.2 Å². The molecular weight excluding hydrogens is 232 g/mol. The van der Waals surface area contributed by atoms with Gasteiger partial charge in [0.05, 0.1) is 0 Å². The van der Waals surface area contributed by atoms with Gasteiger partial charge in [0.1, 0.15) is 0 Å². The standard InChI is InChI=1S/C13H20N2OS/c1-11(12-5-9-17-10-12)14-6-4-13(16)15-7-2-3-8-15/h5,9-11,14H,2-4,6-8H2,1H3. The van der Waals surface area contributed by atoms with E-state index < -0.39 is 0 Å². The molecule has 4 heteroatoms. The molecule has 3 nitrogen and oxygen atoms in total. The highest BCUT2D eigenvalue weighted by molar-refractivity contribution is 7.07. The Labute approximate surface area is 107 Å². The van der Waals surface area contributed by atoms with Gasteiger partial charge in [0.15, 0.2) is 0 Å². The molecule has 0 bridgehead atoms. The van der Waals surface area contributed by atoms with Gasteiger partial charge in [0.2, 0.25) is 5.91 Å². The maximum absolute atomic E-state index is 11.8. The van der Waals surface area contributed by atoms with Gasteiger partial charge in [0.25, 0.3) is 0 Å². The first-order valence-corrected chi connectivity index (χ1v) is 7.25. The molecule has 1 aliphatic rings. The second-order valence-electron chi connectivity index (χ2n) is 4.57. The van der Waals surface area contributed by atoms with Crippen LogP contribution in [0.25, 0.3) is 0 Å². The van der Waals surface area contributed by atoms with Gasteiger partial charge in [0, 0.05) is 32.1 Å². The average Bonchev–Trinajstić information content (AvgIpc) is 3.02. The van der Waals surface area contributed by atoms with Crippen molar-refractivity contribution in [3.8, 4) is 0 Å². The molecule has 0 spiro atoms. The minimum absolute atomic E-state index is 0.299. The molecule has 1 aromatic rings. The molecule has 1 saturated heterocycles. The number of carbonyl (C=O) groups is 1. The van der Waals surface area contributed by atoms with Crippen LogP contribution in [-0.4, -0.2) is 30.4 Å². The number of hydrogen-bond acceptors (Lipinski definition) is 3. The van der Waals surface area contributed by atoms with Crippen molar-refractivity contribution >= 4 is 17.2 Å². The molecule has 0 aromatic carbocycles. The predicted octanol–water partition coefficient (Wildman–Crippen LogP) is 2.41. The lowest BCUT2D eigenvalue weighted by Gasteiger charge is -2.17. The second kappa shape index (κ2) is 6.17. The number of amides is 1. The van der Waals surface area contributed by atoms with Crippen molar-refractivity contribution in [2.24, 2.45) is 0 Å². The zero-order chi connectivity index (χ0) is 12.1. The predicted molar refractivity (Wildman–Crippen MR) is 71.2 cm³/mol. The molecule has 2 heterocycles. The van der Waals surface area contributed by atoms with Crippen LogP contribution in [0.1, 0.15) is 37.8 Å². The van der Waals surface area contributed by atoms with Gasteiger partial charge in [-0.15, -0.1) is 0 Å². The fourth-order valence-corrected chi connectivity index (χ4v) is 2.91. The fraction of sp³-hybridized carbons (Fsp3) is 0.615. The van der Waals surface area contributed by atoms with Gasteiger partial charge in [-0.2, -0.15) is 11.3 Å². The van der Waals surface area contributed by atoms with E-state index in [1.807, 2.05) is 4.90 Å². The van der Waals surface area contributed by atoms with Gasteiger partial charge in [-0.1, -0.05) is 0 Å². The van der Waals surface area contributed by atoms with E-state index in [1.54, 1.807) is 11.3 Å². The number of thiophene rings is 1. The summed E-state index contributed by atoms with van der Waals surface area (Å²) in [5.74, 6) is 0.299. The number of hydrogen-bond donors (Lipinski definition) is 1. The van der Waals surface area contributed by atoms with E-state index >= 15 is 0 Å². The Bertz CT molecular complexity index is 344. The first-order valence-electron chi connectivity index (χ1n) is 6.30. The van der Waals surface area contributed by atoms with E-state index in [9.17, 15) is 4.79 Å². The summed E-state index contributed by atoms with van der Waals surface area (Å²) in [4.78, 5) is 13.8. The smallest absolute Gasteiger partial charge is 0.223 e. The normalized spacial score (nSPS) is 17.4. The van der Waals surface area contributed by atoms with E-state index in [2.05, 4.69) is 29.1 Å². The monoisotopic (exact) mass is 252 g/mol. The largest absolute Gasteiger partial charge is 0.343 e. The number of nitrogens with one attached hydrogen (secondary N) is 1. The van der Waals surface area contributed by atoms with Crippen LogP contribution in [0.15, 0.2) is 16.8 Å². The number of nitrogens with zero attached hydrogens (tertiary/aromatic N) is 1. The number of likely N-dealkylation sites (tertiary alicyclic amines) is 1. The first kappa shape index (κ1) is 12.6. The van der Waals surface area contributed by atoms with E-state index in [0.717, 1.165) is 19.6 Å². The molecule has 1 unspecified atom stereocenters. The van der Waals surface area contributed by atoms with E-state index in [1.165, 1.54) is 18.4 Å². The SMILES string of the molecule is CC(NCCC(=O)N1CCCC1)c1ccsc1. The third-order valence-electron chi connectivity index (χ3n) is 3.29. The van der Waals surface area contributed by atoms with Gasteiger partial charge >= 0.3 is 0 Å². The molecule has 1 aliphatic heterocycles. The van der Waals surface area contributed by atoms with Gasteiger partial charge in [-0.3, -0.25) is 4.79 Å². The Hall–Kier alpha value is -0.870. The zero-order valence-corrected chi connectivity index (χ0v) is 11.1. The minimum Gasteiger partial charge on any atom is -0.343 e.